The molecule has 0 bridgehead atoms. The number of fused-ring (bicyclic) bond motifs is 1. The van der Waals surface area contributed by atoms with Crippen LogP contribution in [0.5, 0.6) is 0 Å². The van der Waals surface area contributed by atoms with Crippen LogP contribution in [-0.4, -0.2) is 56.5 Å². The molecule has 4 rings (SSSR count). The SMILES string of the molecule is F[P-](F)(F)(F)(F)F.[O-][n+]1nn(C(N2CCCC2)=[N+]2CCCC2)c2cccnc21. The summed E-state index contributed by atoms with van der Waals surface area (Å²) in [6.45, 7) is 4.14. The molecule has 0 unspecified atom stereocenters. The van der Waals surface area contributed by atoms with Gasteiger partial charge in [0.2, 0.25) is 5.52 Å². The van der Waals surface area contributed by atoms with Gasteiger partial charge in [0.15, 0.2) is 0 Å². The van der Waals surface area contributed by atoms with Gasteiger partial charge in [-0.25, -0.2) is 0 Å². The molecule has 28 heavy (non-hydrogen) atoms. The van der Waals surface area contributed by atoms with Gasteiger partial charge in [-0.15, -0.1) is 9.83 Å². The van der Waals surface area contributed by atoms with Crippen molar-refractivity contribution in [1.82, 2.24) is 19.8 Å². The number of hydrogen-bond donors (Lipinski definition) is 0. The van der Waals surface area contributed by atoms with Crippen molar-refractivity contribution in [1.29, 1.82) is 0 Å². The minimum absolute atomic E-state index is 0.383. The number of halogens is 6. The Morgan fingerprint density at radius 2 is 1.57 bits per heavy atom. The summed E-state index contributed by atoms with van der Waals surface area (Å²) in [5.41, 5.74) is 1.16. The first-order valence-corrected chi connectivity index (χ1v) is 10.7. The van der Waals surface area contributed by atoms with E-state index < -0.39 is 7.81 Å². The Morgan fingerprint density at radius 1 is 1.00 bits per heavy atom. The van der Waals surface area contributed by atoms with E-state index in [0.29, 0.717) is 10.5 Å². The van der Waals surface area contributed by atoms with Crippen LogP contribution >= 0.6 is 7.81 Å². The maximum Gasteiger partial charge on any atom is 0.382 e. The third-order valence-corrected chi connectivity index (χ3v) is 4.31. The first-order chi connectivity index (χ1) is 12.8. The maximum atomic E-state index is 12.0. The smallest absolute Gasteiger partial charge is 0.382 e. The Morgan fingerprint density at radius 3 is 2.14 bits per heavy atom. The van der Waals surface area contributed by atoms with Gasteiger partial charge in [-0.3, -0.25) is 9.48 Å². The van der Waals surface area contributed by atoms with Crippen molar-refractivity contribution in [3.8, 4) is 0 Å². The molecule has 14 heteroatoms. The maximum absolute atomic E-state index is 12.0. The molecule has 2 aromatic rings. The van der Waals surface area contributed by atoms with E-state index in [9.17, 15) is 30.4 Å². The third kappa shape index (κ3) is 5.66. The van der Waals surface area contributed by atoms with E-state index in [1.165, 1.54) is 25.7 Å². The number of hydrogen-bond acceptors (Lipinski definition) is 3. The Labute approximate surface area is 155 Å². The van der Waals surface area contributed by atoms with E-state index in [0.717, 1.165) is 37.7 Å². The number of pyridine rings is 1. The fourth-order valence-corrected chi connectivity index (χ4v) is 3.32. The molecule has 2 saturated heterocycles. The normalized spacial score (nSPS) is 19.9. The summed E-state index contributed by atoms with van der Waals surface area (Å²) in [6.07, 6.45) is 6.44. The van der Waals surface area contributed by atoms with Gasteiger partial charge in [0, 0.05) is 5.21 Å². The molecular weight excluding hydrogens is 413 g/mol. The van der Waals surface area contributed by atoms with E-state index in [1.807, 2.05) is 12.1 Å². The molecule has 0 radical (unpaired) electrons. The van der Waals surface area contributed by atoms with Crippen LogP contribution in [0.4, 0.5) is 25.2 Å². The third-order valence-electron chi connectivity index (χ3n) is 4.31. The topological polar surface area (TPSA) is 63.9 Å². The van der Waals surface area contributed by atoms with Gasteiger partial charge in [-0.1, -0.05) is 4.68 Å². The van der Waals surface area contributed by atoms with Crippen LogP contribution in [0.1, 0.15) is 25.7 Å². The van der Waals surface area contributed by atoms with Crippen LogP contribution in [0.25, 0.3) is 11.2 Å². The van der Waals surface area contributed by atoms with Gasteiger partial charge in [0.1, 0.15) is 6.20 Å². The molecular formula is C14H19F6N6OP. The van der Waals surface area contributed by atoms with Crippen LogP contribution < -0.4 is 4.85 Å². The largest absolute Gasteiger partial charge is 0.721 e. The molecule has 2 aliphatic rings. The van der Waals surface area contributed by atoms with Gasteiger partial charge in [0.05, 0.1) is 26.2 Å². The second-order valence-corrected chi connectivity index (χ2v) is 8.58. The second-order valence-electron chi connectivity index (χ2n) is 6.67. The molecule has 0 aromatic carbocycles. The van der Waals surface area contributed by atoms with Gasteiger partial charge in [-0.05, 0) is 37.8 Å². The van der Waals surface area contributed by atoms with Crippen molar-refractivity contribution in [2.75, 3.05) is 26.2 Å². The molecule has 0 amide bonds. The van der Waals surface area contributed by atoms with Gasteiger partial charge >= 0.3 is 44.6 Å². The first kappa shape index (κ1) is 20.6. The van der Waals surface area contributed by atoms with Crippen LogP contribution in [0.2, 0.25) is 0 Å². The summed E-state index contributed by atoms with van der Waals surface area (Å²) < 4.78 is 63.3. The summed E-state index contributed by atoms with van der Waals surface area (Å²) in [4.78, 5) is 7.13. The zero-order valence-electron chi connectivity index (χ0n) is 14.7. The van der Waals surface area contributed by atoms with E-state index in [2.05, 4.69) is 19.7 Å². The van der Waals surface area contributed by atoms with Crippen molar-refractivity contribution in [2.24, 2.45) is 0 Å². The molecule has 0 spiro atoms. The van der Waals surface area contributed by atoms with Crippen molar-refractivity contribution in [3.05, 3.63) is 23.5 Å². The fraction of sp³-hybridized carbons (Fsp3) is 0.571. The number of likely N-dealkylation sites (tertiary alicyclic amines) is 1. The average molecular weight is 432 g/mol. The van der Waals surface area contributed by atoms with Gasteiger partial charge < -0.3 is 5.21 Å². The molecule has 2 aromatic heterocycles. The second kappa shape index (κ2) is 6.43. The summed E-state index contributed by atoms with van der Waals surface area (Å²) in [5, 5.41) is 16.2. The molecule has 0 atom stereocenters. The number of rotatable bonds is 0. The number of aromatic nitrogens is 4. The summed E-state index contributed by atoms with van der Waals surface area (Å²) >= 11 is 0. The van der Waals surface area contributed by atoms with E-state index in [-0.39, 0.29) is 0 Å². The predicted octanol–water partition coefficient (Wildman–Crippen LogP) is 3.55. The molecule has 4 heterocycles. The quantitative estimate of drug-likeness (QED) is 0.210. The molecule has 0 N–H and O–H groups in total. The van der Waals surface area contributed by atoms with E-state index in [1.54, 1.807) is 10.9 Å². The minimum Gasteiger partial charge on any atom is -0.721 e. The molecule has 2 aliphatic heterocycles. The Bertz CT molecular complexity index is 887. The van der Waals surface area contributed by atoms with Crippen LogP contribution in [0.15, 0.2) is 18.3 Å². The standard InChI is InChI=1S/C14H19N6O.F6P/c21-20-13-12(6-5-7-15-13)19(16-20)14(17-8-1-2-9-17)18-10-3-4-11-18;1-7(2,3,4,5)6/h5-7H,1-4,8-11H2;/q+1;-1. The number of nitrogens with zero attached hydrogens (tertiary/aromatic N) is 6. The summed E-state index contributed by atoms with van der Waals surface area (Å²) in [5.74, 6) is 1.05. The molecule has 7 nitrogen and oxygen atoms in total. The molecule has 158 valence electrons. The van der Waals surface area contributed by atoms with Crippen molar-refractivity contribution in [2.45, 2.75) is 25.7 Å². The zero-order chi connectivity index (χ0) is 20.6. The molecule has 0 saturated carbocycles. The average Bonchev–Trinajstić information content (AvgIpc) is 3.29. The van der Waals surface area contributed by atoms with Crippen LogP contribution in [-0.2, 0) is 0 Å². The monoisotopic (exact) mass is 432 g/mol. The molecule has 2 fully saturated rings. The molecule has 0 aliphatic carbocycles. The van der Waals surface area contributed by atoms with Gasteiger partial charge in [0.25, 0.3) is 0 Å². The van der Waals surface area contributed by atoms with Gasteiger partial charge in [-0.2, -0.15) is 0 Å². The van der Waals surface area contributed by atoms with Crippen molar-refractivity contribution >= 4 is 24.9 Å². The minimum atomic E-state index is -10.7. The van der Waals surface area contributed by atoms with Crippen LogP contribution in [0.3, 0.4) is 0 Å². The van der Waals surface area contributed by atoms with E-state index >= 15 is 0 Å². The Hall–Kier alpha value is -2.17. The van der Waals surface area contributed by atoms with Crippen molar-refractivity contribution in [3.63, 3.8) is 0 Å². The Kier molecular flexibility index (Phi) is 4.72. The van der Waals surface area contributed by atoms with Crippen molar-refractivity contribution < 1.29 is 34.6 Å². The first-order valence-electron chi connectivity index (χ1n) is 8.67. The summed E-state index contributed by atoms with van der Waals surface area (Å²) in [7, 11) is -10.7. The predicted molar refractivity (Wildman–Crippen MR) is 90.5 cm³/mol. The van der Waals surface area contributed by atoms with E-state index in [4.69, 9.17) is 0 Å². The summed E-state index contributed by atoms with van der Waals surface area (Å²) in [6, 6.07) is 3.77. The Balaban J connectivity index is 0.000000279. The van der Waals surface area contributed by atoms with Crippen LogP contribution in [0, 0.1) is 5.21 Å². The zero-order valence-corrected chi connectivity index (χ0v) is 15.6. The fourth-order valence-electron chi connectivity index (χ4n) is 3.32.